The smallest absolute Gasteiger partial charge is 0.139 e. The predicted molar refractivity (Wildman–Crippen MR) is 67.1 cm³/mol. The van der Waals surface area contributed by atoms with Gasteiger partial charge in [-0.2, -0.15) is 0 Å². The molecule has 0 unspecified atom stereocenters. The minimum absolute atomic E-state index is 0.0810. The van der Waals surface area contributed by atoms with Crippen molar-refractivity contribution in [3.63, 3.8) is 0 Å². The summed E-state index contributed by atoms with van der Waals surface area (Å²) in [5, 5.41) is 9.54. The molecular weight excluding hydrogens is 200 g/mol. The number of aryl methyl sites for hydroxylation is 1. The van der Waals surface area contributed by atoms with Crippen molar-refractivity contribution in [3.8, 4) is 16.9 Å². The van der Waals surface area contributed by atoms with Crippen molar-refractivity contribution >= 4 is 11.4 Å². The normalized spacial score (nSPS) is 10.3. The Bertz CT molecular complexity index is 535. The number of para-hydroxylation sites is 1. The lowest BCUT2D eigenvalue weighted by molar-refractivity contribution is 0.478. The third kappa shape index (κ3) is 1.67. The molecule has 0 atom stereocenters. The Morgan fingerprint density at radius 1 is 1.00 bits per heavy atom. The van der Waals surface area contributed by atoms with E-state index in [9.17, 15) is 5.11 Å². The summed E-state index contributed by atoms with van der Waals surface area (Å²) >= 11 is 0. The third-order valence-electron chi connectivity index (χ3n) is 2.58. The van der Waals surface area contributed by atoms with Crippen LogP contribution in [0.5, 0.6) is 5.75 Å². The number of benzene rings is 2. The monoisotopic (exact) mass is 214 g/mol. The highest BCUT2D eigenvalue weighted by atomic mass is 16.3. The number of phenols is 1. The topological polar surface area (TPSA) is 72.3 Å². The molecule has 0 saturated heterocycles. The maximum Gasteiger partial charge on any atom is 0.139 e. The van der Waals surface area contributed by atoms with E-state index >= 15 is 0 Å². The molecule has 16 heavy (non-hydrogen) atoms. The number of rotatable bonds is 1. The molecule has 0 amide bonds. The van der Waals surface area contributed by atoms with Crippen LogP contribution in [-0.4, -0.2) is 5.11 Å². The number of phenolic OH excluding ortho intramolecular Hbond substituents is 1. The van der Waals surface area contributed by atoms with Crippen molar-refractivity contribution in [2.75, 3.05) is 11.5 Å². The largest absolute Gasteiger partial charge is 0.506 e. The van der Waals surface area contributed by atoms with Crippen molar-refractivity contribution < 1.29 is 5.11 Å². The zero-order valence-electron chi connectivity index (χ0n) is 9.07. The van der Waals surface area contributed by atoms with E-state index in [2.05, 4.69) is 0 Å². The molecule has 3 heteroatoms. The van der Waals surface area contributed by atoms with Crippen LogP contribution in [0, 0.1) is 6.92 Å². The van der Waals surface area contributed by atoms with E-state index in [0.29, 0.717) is 11.4 Å². The average Bonchev–Trinajstić information content (AvgIpc) is 2.23. The van der Waals surface area contributed by atoms with Crippen LogP contribution in [0.3, 0.4) is 0 Å². The third-order valence-corrected chi connectivity index (χ3v) is 2.58. The van der Waals surface area contributed by atoms with E-state index in [-0.39, 0.29) is 5.75 Å². The summed E-state index contributed by atoms with van der Waals surface area (Å²) in [6, 6.07) is 10.9. The minimum atomic E-state index is 0.0810. The highest BCUT2D eigenvalue weighted by molar-refractivity contribution is 5.86. The number of anilines is 2. The molecule has 5 N–H and O–H groups in total. The zero-order chi connectivity index (χ0) is 11.7. The summed E-state index contributed by atoms with van der Waals surface area (Å²) in [7, 11) is 0. The molecule has 2 aromatic carbocycles. The van der Waals surface area contributed by atoms with Crippen molar-refractivity contribution in [1.29, 1.82) is 0 Å². The number of nitrogens with two attached hydrogens (primary N) is 2. The van der Waals surface area contributed by atoms with E-state index in [1.807, 2.05) is 31.2 Å². The number of hydrogen-bond donors (Lipinski definition) is 3. The standard InChI is InChI=1S/C13H14N2O/c1-8-5-6-9(11(14)7-8)10-3-2-4-12(16)13(10)15/h2-7,16H,14-15H2,1H3. The lowest BCUT2D eigenvalue weighted by atomic mass is 10.00. The molecule has 0 bridgehead atoms. The van der Waals surface area contributed by atoms with E-state index in [1.54, 1.807) is 12.1 Å². The molecule has 0 saturated carbocycles. The Labute approximate surface area is 94.3 Å². The molecule has 2 rings (SSSR count). The molecule has 0 aliphatic heterocycles. The van der Waals surface area contributed by atoms with E-state index in [4.69, 9.17) is 11.5 Å². The number of nitrogen functional groups attached to an aromatic ring is 2. The van der Waals surface area contributed by atoms with Crippen LogP contribution in [0.15, 0.2) is 36.4 Å². The Kier molecular flexibility index (Phi) is 2.44. The van der Waals surface area contributed by atoms with Crippen LogP contribution in [0.4, 0.5) is 11.4 Å². The van der Waals surface area contributed by atoms with Crippen LogP contribution < -0.4 is 11.5 Å². The zero-order valence-corrected chi connectivity index (χ0v) is 9.07. The van der Waals surface area contributed by atoms with Gasteiger partial charge in [-0.15, -0.1) is 0 Å². The molecule has 0 spiro atoms. The molecule has 0 fully saturated rings. The Morgan fingerprint density at radius 3 is 2.44 bits per heavy atom. The van der Waals surface area contributed by atoms with Gasteiger partial charge in [0.15, 0.2) is 0 Å². The lowest BCUT2D eigenvalue weighted by Gasteiger charge is -2.10. The molecule has 0 radical (unpaired) electrons. The molecule has 2 aromatic rings. The lowest BCUT2D eigenvalue weighted by Crippen LogP contribution is -1.95. The maximum atomic E-state index is 9.54. The highest BCUT2D eigenvalue weighted by Gasteiger charge is 2.08. The Hall–Kier alpha value is -2.16. The number of aromatic hydroxyl groups is 1. The van der Waals surface area contributed by atoms with Gasteiger partial charge in [-0.25, -0.2) is 0 Å². The fourth-order valence-corrected chi connectivity index (χ4v) is 1.72. The second-order valence-corrected chi connectivity index (χ2v) is 3.83. The Balaban J connectivity index is 2.63. The summed E-state index contributed by atoms with van der Waals surface area (Å²) in [5.41, 5.74) is 15.5. The van der Waals surface area contributed by atoms with Crippen LogP contribution in [0.1, 0.15) is 5.56 Å². The van der Waals surface area contributed by atoms with Crippen molar-refractivity contribution in [2.24, 2.45) is 0 Å². The molecule has 82 valence electrons. The predicted octanol–water partition coefficient (Wildman–Crippen LogP) is 2.53. The maximum absolute atomic E-state index is 9.54. The summed E-state index contributed by atoms with van der Waals surface area (Å²) in [4.78, 5) is 0. The van der Waals surface area contributed by atoms with Gasteiger partial charge in [-0.1, -0.05) is 24.3 Å². The number of hydrogen-bond acceptors (Lipinski definition) is 3. The van der Waals surface area contributed by atoms with Crippen LogP contribution >= 0.6 is 0 Å². The highest BCUT2D eigenvalue weighted by Crippen LogP contribution is 2.35. The van der Waals surface area contributed by atoms with Gasteiger partial charge in [-0.3, -0.25) is 0 Å². The second-order valence-electron chi connectivity index (χ2n) is 3.83. The Morgan fingerprint density at radius 2 is 1.75 bits per heavy atom. The van der Waals surface area contributed by atoms with Gasteiger partial charge < -0.3 is 16.6 Å². The van der Waals surface area contributed by atoms with E-state index in [0.717, 1.165) is 16.7 Å². The van der Waals surface area contributed by atoms with E-state index in [1.165, 1.54) is 0 Å². The SMILES string of the molecule is Cc1ccc(-c2cccc(O)c2N)c(N)c1. The summed E-state index contributed by atoms with van der Waals surface area (Å²) in [6.07, 6.45) is 0. The van der Waals surface area contributed by atoms with Gasteiger partial charge in [0.25, 0.3) is 0 Å². The molecule has 3 nitrogen and oxygen atoms in total. The van der Waals surface area contributed by atoms with Gasteiger partial charge in [-0.05, 0) is 24.6 Å². The summed E-state index contributed by atoms with van der Waals surface area (Å²) in [6.45, 7) is 1.98. The summed E-state index contributed by atoms with van der Waals surface area (Å²) in [5.74, 6) is 0.0810. The molecular formula is C13H14N2O. The quantitative estimate of drug-likeness (QED) is 0.504. The average molecular weight is 214 g/mol. The first-order valence-corrected chi connectivity index (χ1v) is 5.03. The van der Waals surface area contributed by atoms with Crippen LogP contribution in [0.2, 0.25) is 0 Å². The first-order valence-electron chi connectivity index (χ1n) is 5.03. The second kappa shape index (κ2) is 3.77. The molecule has 0 aromatic heterocycles. The van der Waals surface area contributed by atoms with Crippen LogP contribution in [0.25, 0.3) is 11.1 Å². The fraction of sp³-hybridized carbons (Fsp3) is 0.0769. The van der Waals surface area contributed by atoms with Crippen molar-refractivity contribution in [3.05, 3.63) is 42.0 Å². The van der Waals surface area contributed by atoms with Gasteiger partial charge in [0.2, 0.25) is 0 Å². The molecule has 0 aliphatic rings. The van der Waals surface area contributed by atoms with E-state index < -0.39 is 0 Å². The fourth-order valence-electron chi connectivity index (χ4n) is 1.72. The first-order chi connectivity index (χ1) is 7.59. The van der Waals surface area contributed by atoms with Gasteiger partial charge >= 0.3 is 0 Å². The van der Waals surface area contributed by atoms with Crippen LogP contribution in [-0.2, 0) is 0 Å². The van der Waals surface area contributed by atoms with Crippen molar-refractivity contribution in [2.45, 2.75) is 6.92 Å². The molecule has 0 heterocycles. The van der Waals surface area contributed by atoms with Gasteiger partial charge in [0, 0.05) is 16.8 Å². The first kappa shape index (κ1) is 10.4. The summed E-state index contributed by atoms with van der Waals surface area (Å²) < 4.78 is 0. The van der Waals surface area contributed by atoms with Gasteiger partial charge in [0.05, 0.1) is 5.69 Å². The van der Waals surface area contributed by atoms with Crippen molar-refractivity contribution in [1.82, 2.24) is 0 Å². The minimum Gasteiger partial charge on any atom is -0.506 e. The molecule has 0 aliphatic carbocycles. The van der Waals surface area contributed by atoms with Gasteiger partial charge in [0.1, 0.15) is 5.75 Å².